The second kappa shape index (κ2) is 5.86. The predicted octanol–water partition coefficient (Wildman–Crippen LogP) is 1.73. The number of Topliss-reactive ketones (excluding diaryl/α,β-unsaturated/α-hetero) is 1. The predicted molar refractivity (Wildman–Crippen MR) is 72.6 cm³/mol. The van der Waals surface area contributed by atoms with Gasteiger partial charge in [0.1, 0.15) is 5.75 Å². The molecule has 1 aliphatic heterocycles. The molecule has 1 heterocycles. The molecule has 2 rings (SSSR count). The van der Waals surface area contributed by atoms with Gasteiger partial charge in [-0.1, -0.05) is 6.07 Å². The molecule has 0 aliphatic carbocycles. The molecule has 1 aromatic rings. The Morgan fingerprint density at radius 1 is 1.25 bits per heavy atom. The largest absolute Gasteiger partial charge is 0.496 e. The monoisotopic (exact) mass is 275 g/mol. The van der Waals surface area contributed by atoms with Crippen molar-refractivity contribution in [1.82, 2.24) is 4.90 Å². The van der Waals surface area contributed by atoms with E-state index in [1.807, 2.05) is 6.92 Å². The van der Waals surface area contributed by atoms with Crippen molar-refractivity contribution in [1.29, 1.82) is 0 Å². The van der Waals surface area contributed by atoms with Crippen molar-refractivity contribution in [3.05, 3.63) is 29.3 Å². The SMILES string of the molecule is COc1cc(C)ccc1C(=O)CN1C(=O)CCCC1=O. The highest BCUT2D eigenvalue weighted by molar-refractivity contribution is 6.06. The van der Waals surface area contributed by atoms with Crippen LogP contribution in [0.3, 0.4) is 0 Å². The minimum absolute atomic E-state index is 0.211. The third-order valence-corrected chi connectivity index (χ3v) is 3.34. The summed E-state index contributed by atoms with van der Waals surface area (Å²) in [5, 5.41) is 0. The Morgan fingerprint density at radius 3 is 2.50 bits per heavy atom. The highest BCUT2D eigenvalue weighted by atomic mass is 16.5. The van der Waals surface area contributed by atoms with Crippen LogP contribution in [-0.2, 0) is 9.59 Å². The zero-order chi connectivity index (χ0) is 14.7. The number of carbonyl (C=O) groups excluding carboxylic acids is 3. The van der Waals surface area contributed by atoms with E-state index in [1.165, 1.54) is 7.11 Å². The van der Waals surface area contributed by atoms with Crippen LogP contribution in [0.2, 0.25) is 0 Å². The molecule has 1 aromatic carbocycles. The van der Waals surface area contributed by atoms with Gasteiger partial charge in [0, 0.05) is 12.8 Å². The molecule has 1 saturated heterocycles. The normalized spacial score (nSPS) is 15.4. The first-order chi connectivity index (χ1) is 9.52. The molecule has 0 unspecified atom stereocenters. The number of benzene rings is 1. The number of hydrogen-bond acceptors (Lipinski definition) is 4. The zero-order valence-corrected chi connectivity index (χ0v) is 11.6. The summed E-state index contributed by atoms with van der Waals surface area (Å²) in [5.41, 5.74) is 1.37. The molecule has 2 amide bonds. The van der Waals surface area contributed by atoms with Crippen LogP contribution in [0, 0.1) is 6.92 Å². The van der Waals surface area contributed by atoms with Gasteiger partial charge in [-0.05, 0) is 31.0 Å². The highest BCUT2D eigenvalue weighted by Gasteiger charge is 2.28. The molecule has 0 aromatic heterocycles. The van der Waals surface area contributed by atoms with E-state index in [9.17, 15) is 14.4 Å². The van der Waals surface area contributed by atoms with E-state index >= 15 is 0 Å². The Bertz CT molecular complexity index is 549. The van der Waals surface area contributed by atoms with Gasteiger partial charge < -0.3 is 4.74 Å². The first-order valence-electron chi connectivity index (χ1n) is 6.54. The Hall–Kier alpha value is -2.17. The number of amides is 2. The fraction of sp³-hybridized carbons (Fsp3) is 0.400. The third-order valence-electron chi connectivity index (χ3n) is 3.34. The number of carbonyl (C=O) groups is 3. The number of aryl methyl sites for hydroxylation is 1. The first kappa shape index (κ1) is 14.2. The second-order valence-electron chi connectivity index (χ2n) is 4.85. The molecule has 0 saturated carbocycles. The molecule has 0 bridgehead atoms. The molecule has 20 heavy (non-hydrogen) atoms. The van der Waals surface area contributed by atoms with E-state index in [0.29, 0.717) is 30.6 Å². The number of imide groups is 1. The number of ether oxygens (including phenoxy) is 1. The van der Waals surface area contributed by atoms with Crippen LogP contribution in [0.4, 0.5) is 0 Å². The van der Waals surface area contributed by atoms with Crippen molar-refractivity contribution in [2.24, 2.45) is 0 Å². The van der Waals surface area contributed by atoms with Gasteiger partial charge in [0.05, 0.1) is 19.2 Å². The maximum atomic E-state index is 12.3. The van der Waals surface area contributed by atoms with Gasteiger partial charge in [-0.2, -0.15) is 0 Å². The molecule has 5 heteroatoms. The first-order valence-corrected chi connectivity index (χ1v) is 6.54. The summed E-state index contributed by atoms with van der Waals surface area (Å²) in [5.74, 6) is -0.376. The fourth-order valence-electron chi connectivity index (χ4n) is 2.23. The van der Waals surface area contributed by atoms with Crippen LogP contribution in [0.5, 0.6) is 5.75 Å². The topological polar surface area (TPSA) is 63.7 Å². The van der Waals surface area contributed by atoms with E-state index in [1.54, 1.807) is 18.2 Å². The molecular formula is C15H17NO4. The number of rotatable bonds is 4. The van der Waals surface area contributed by atoms with Gasteiger partial charge in [-0.15, -0.1) is 0 Å². The Labute approximate surface area is 117 Å². The molecule has 0 atom stereocenters. The molecule has 0 radical (unpaired) electrons. The summed E-state index contributed by atoms with van der Waals surface area (Å²) in [6, 6.07) is 5.22. The summed E-state index contributed by atoms with van der Waals surface area (Å²) in [6.07, 6.45) is 1.21. The average molecular weight is 275 g/mol. The van der Waals surface area contributed by atoms with Crippen molar-refractivity contribution in [2.45, 2.75) is 26.2 Å². The van der Waals surface area contributed by atoms with E-state index in [2.05, 4.69) is 0 Å². The van der Waals surface area contributed by atoms with Crippen molar-refractivity contribution < 1.29 is 19.1 Å². The maximum Gasteiger partial charge on any atom is 0.229 e. The van der Waals surface area contributed by atoms with Gasteiger partial charge in [0.15, 0.2) is 5.78 Å². The van der Waals surface area contributed by atoms with E-state index in [0.717, 1.165) is 10.5 Å². The van der Waals surface area contributed by atoms with Crippen molar-refractivity contribution in [3.8, 4) is 5.75 Å². The lowest BCUT2D eigenvalue weighted by Crippen LogP contribution is -2.43. The lowest BCUT2D eigenvalue weighted by atomic mass is 10.0. The van der Waals surface area contributed by atoms with Crippen LogP contribution in [-0.4, -0.2) is 36.2 Å². The Balaban J connectivity index is 2.19. The second-order valence-corrected chi connectivity index (χ2v) is 4.85. The van der Waals surface area contributed by atoms with E-state index < -0.39 is 0 Å². The number of likely N-dealkylation sites (tertiary alicyclic amines) is 1. The number of methoxy groups -OCH3 is 1. The molecule has 1 fully saturated rings. The van der Waals surface area contributed by atoms with Crippen LogP contribution in [0.25, 0.3) is 0 Å². The zero-order valence-electron chi connectivity index (χ0n) is 11.6. The van der Waals surface area contributed by atoms with Gasteiger partial charge in [-0.3, -0.25) is 19.3 Å². The number of hydrogen-bond donors (Lipinski definition) is 0. The average Bonchev–Trinajstić information content (AvgIpc) is 2.42. The van der Waals surface area contributed by atoms with Crippen LogP contribution < -0.4 is 4.74 Å². The fourth-order valence-corrected chi connectivity index (χ4v) is 2.23. The number of nitrogens with zero attached hydrogens (tertiary/aromatic N) is 1. The third kappa shape index (κ3) is 2.87. The van der Waals surface area contributed by atoms with E-state index in [-0.39, 0.29) is 24.1 Å². The van der Waals surface area contributed by atoms with Gasteiger partial charge in [0.25, 0.3) is 0 Å². The van der Waals surface area contributed by atoms with Gasteiger partial charge in [-0.25, -0.2) is 0 Å². The number of piperidine rings is 1. The number of ketones is 1. The lowest BCUT2D eigenvalue weighted by molar-refractivity contribution is -0.147. The molecule has 0 N–H and O–H groups in total. The molecule has 0 spiro atoms. The molecular weight excluding hydrogens is 258 g/mol. The van der Waals surface area contributed by atoms with Gasteiger partial charge >= 0.3 is 0 Å². The summed E-state index contributed by atoms with van der Waals surface area (Å²) in [4.78, 5) is 36.7. The highest BCUT2D eigenvalue weighted by Crippen LogP contribution is 2.21. The minimum Gasteiger partial charge on any atom is -0.496 e. The summed E-state index contributed by atoms with van der Waals surface area (Å²) in [6.45, 7) is 1.69. The summed E-state index contributed by atoms with van der Waals surface area (Å²) >= 11 is 0. The van der Waals surface area contributed by atoms with Crippen LogP contribution in [0.15, 0.2) is 18.2 Å². The van der Waals surface area contributed by atoms with Crippen molar-refractivity contribution >= 4 is 17.6 Å². The smallest absolute Gasteiger partial charge is 0.229 e. The van der Waals surface area contributed by atoms with Crippen molar-refractivity contribution in [2.75, 3.05) is 13.7 Å². The van der Waals surface area contributed by atoms with Crippen molar-refractivity contribution in [3.63, 3.8) is 0 Å². The Kier molecular flexibility index (Phi) is 4.17. The Morgan fingerprint density at radius 2 is 1.90 bits per heavy atom. The minimum atomic E-state index is -0.287. The van der Waals surface area contributed by atoms with Crippen LogP contribution >= 0.6 is 0 Å². The maximum absolute atomic E-state index is 12.3. The van der Waals surface area contributed by atoms with Crippen LogP contribution in [0.1, 0.15) is 35.2 Å². The molecule has 1 aliphatic rings. The quantitative estimate of drug-likeness (QED) is 0.620. The molecule has 5 nitrogen and oxygen atoms in total. The summed E-state index contributed by atoms with van der Waals surface area (Å²) < 4.78 is 5.18. The lowest BCUT2D eigenvalue weighted by Gasteiger charge is -2.24. The van der Waals surface area contributed by atoms with E-state index in [4.69, 9.17) is 4.74 Å². The standard InChI is InChI=1S/C15H17NO4/c1-10-6-7-11(13(8-10)20-2)12(17)9-16-14(18)4-3-5-15(16)19/h6-8H,3-5,9H2,1-2H3. The molecule has 106 valence electrons. The van der Waals surface area contributed by atoms with Gasteiger partial charge in [0.2, 0.25) is 11.8 Å². The summed E-state index contributed by atoms with van der Waals surface area (Å²) in [7, 11) is 1.49.